The topological polar surface area (TPSA) is 180 Å². The van der Waals surface area contributed by atoms with Crippen molar-refractivity contribution in [1.29, 1.82) is 10.5 Å². The zero-order valence-corrected chi connectivity index (χ0v) is 17.9. The molecule has 166 valence electrons. The molecule has 0 aromatic heterocycles. The second kappa shape index (κ2) is 8.54. The van der Waals surface area contributed by atoms with E-state index in [9.17, 15) is 35.5 Å². The first-order valence-electron chi connectivity index (χ1n) is 9.53. The quantitative estimate of drug-likeness (QED) is 0.513. The highest BCUT2D eigenvalue weighted by atomic mass is 32.2. The standard InChI is InChI=1S/C22H12N6O5S/c23-10-16-20(13-3-7-15(8-4-13)28(32)33)17(11-24)22-26(21(16)25)19(29)9-18(34-22)12-1-5-14(6-2-12)27(30)31/h1-9,20H,25H2. The van der Waals surface area contributed by atoms with Crippen LogP contribution in [0.25, 0.3) is 4.91 Å². The number of allylic oxidation sites excluding steroid dienone is 2. The number of benzene rings is 2. The summed E-state index contributed by atoms with van der Waals surface area (Å²) in [5.74, 6) is -1.66. The smallest absolute Gasteiger partial charge is 0.269 e. The molecule has 0 bridgehead atoms. The van der Waals surface area contributed by atoms with E-state index in [1.165, 1.54) is 54.6 Å². The van der Waals surface area contributed by atoms with Crippen molar-refractivity contribution in [2.45, 2.75) is 5.92 Å². The van der Waals surface area contributed by atoms with Gasteiger partial charge in [-0.25, -0.2) is 0 Å². The Morgan fingerprint density at radius 1 is 0.912 bits per heavy atom. The van der Waals surface area contributed by atoms with E-state index in [2.05, 4.69) is 6.07 Å². The maximum absolute atomic E-state index is 13.0. The summed E-state index contributed by atoms with van der Waals surface area (Å²) in [5.41, 5.74) is 6.90. The average Bonchev–Trinajstić information content (AvgIpc) is 2.83. The number of carbonyl (C=O) groups excluding carboxylic acids is 1. The summed E-state index contributed by atoms with van der Waals surface area (Å²) in [6.45, 7) is 0. The highest BCUT2D eigenvalue weighted by Gasteiger charge is 2.40. The highest BCUT2D eigenvalue weighted by molar-refractivity contribution is 8.11. The van der Waals surface area contributed by atoms with Gasteiger partial charge in [0.1, 0.15) is 10.9 Å². The number of nitrogens with two attached hydrogens (primary N) is 1. The van der Waals surface area contributed by atoms with E-state index in [-0.39, 0.29) is 33.4 Å². The molecule has 0 saturated carbocycles. The molecule has 4 rings (SSSR count). The molecule has 2 aliphatic heterocycles. The molecule has 0 fully saturated rings. The van der Waals surface area contributed by atoms with Gasteiger partial charge in [-0.15, -0.1) is 0 Å². The van der Waals surface area contributed by atoms with Gasteiger partial charge in [0.25, 0.3) is 17.3 Å². The number of nitrogens with zero attached hydrogens (tertiary/aromatic N) is 5. The van der Waals surface area contributed by atoms with Gasteiger partial charge in [-0.2, -0.15) is 10.5 Å². The SMILES string of the molecule is N#CC1=C(N)N2C(=O)C=C(c3ccc([N+](=O)[O-])cc3)SC2=C(C#N)C1c1ccc([N+](=O)[O-])cc1. The monoisotopic (exact) mass is 472 g/mol. The molecule has 2 N–H and O–H groups in total. The summed E-state index contributed by atoms with van der Waals surface area (Å²) in [6.07, 6.45) is 1.28. The molecule has 2 aromatic carbocycles. The number of fused-ring (bicyclic) bond motifs is 1. The number of nitro benzene ring substituents is 2. The van der Waals surface area contributed by atoms with E-state index < -0.39 is 21.7 Å². The molecule has 12 heteroatoms. The lowest BCUT2D eigenvalue weighted by Gasteiger charge is -2.36. The lowest BCUT2D eigenvalue weighted by Crippen LogP contribution is -2.39. The van der Waals surface area contributed by atoms with Crippen LogP contribution in [0.5, 0.6) is 0 Å². The van der Waals surface area contributed by atoms with Crippen LogP contribution in [-0.4, -0.2) is 20.7 Å². The van der Waals surface area contributed by atoms with Gasteiger partial charge in [0, 0.05) is 35.2 Å². The maximum atomic E-state index is 13.0. The van der Waals surface area contributed by atoms with Crippen LogP contribution < -0.4 is 5.73 Å². The number of amides is 1. The van der Waals surface area contributed by atoms with Crippen LogP contribution in [0.15, 0.2) is 76.6 Å². The highest BCUT2D eigenvalue weighted by Crippen LogP contribution is 2.49. The summed E-state index contributed by atoms with van der Waals surface area (Å²) in [4.78, 5) is 35.3. The molecule has 0 spiro atoms. The molecule has 1 atom stereocenters. The van der Waals surface area contributed by atoms with Crippen molar-refractivity contribution < 1.29 is 14.6 Å². The van der Waals surface area contributed by atoms with Crippen LogP contribution in [0.4, 0.5) is 11.4 Å². The first kappa shape index (κ1) is 22.3. The van der Waals surface area contributed by atoms with Crippen molar-refractivity contribution >= 4 is 33.9 Å². The van der Waals surface area contributed by atoms with Crippen molar-refractivity contribution in [3.8, 4) is 12.1 Å². The van der Waals surface area contributed by atoms with Crippen molar-refractivity contribution in [2.24, 2.45) is 5.73 Å². The molecule has 2 heterocycles. The van der Waals surface area contributed by atoms with Crippen LogP contribution >= 0.6 is 11.8 Å². The Kier molecular flexibility index (Phi) is 5.59. The van der Waals surface area contributed by atoms with Gasteiger partial charge in [-0.3, -0.25) is 29.9 Å². The van der Waals surface area contributed by atoms with Gasteiger partial charge >= 0.3 is 0 Å². The van der Waals surface area contributed by atoms with E-state index in [1.807, 2.05) is 6.07 Å². The number of carbonyl (C=O) groups is 1. The van der Waals surface area contributed by atoms with Gasteiger partial charge in [0.05, 0.1) is 39.0 Å². The molecule has 0 radical (unpaired) electrons. The second-order valence-corrected chi connectivity index (χ2v) is 8.14. The number of thioether (sulfide) groups is 1. The number of nitriles is 2. The minimum atomic E-state index is -0.932. The molecule has 2 aliphatic rings. The van der Waals surface area contributed by atoms with Gasteiger partial charge in [-0.05, 0) is 23.3 Å². The molecule has 11 nitrogen and oxygen atoms in total. The van der Waals surface area contributed by atoms with Crippen LogP contribution in [-0.2, 0) is 4.79 Å². The van der Waals surface area contributed by atoms with E-state index in [1.54, 1.807) is 0 Å². The minimum absolute atomic E-state index is 0.0321. The first-order valence-corrected chi connectivity index (χ1v) is 10.3. The third-order valence-corrected chi connectivity index (χ3v) is 6.42. The second-order valence-electron chi connectivity index (χ2n) is 7.11. The zero-order valence-electron chi connectivity index (χ0n) is 17.0. The van der Waals surface area contributed by atoms with Gasteiger partial charge < -0.3 is 5.73 Å². The Hall–Kier alpha value is -4.94. The predicted octanol–water partition coefficient (Wildman–Crippen LogP) is 3.65. The first-order chi connectivity index (χ1) is 16.3. The summed E-state index contributed by atoms with van der Waals surface area (Å²) in [5, 5.41) is 41.9. The van der Waals surface area contributed by atoms with Crippen molar-refractivity contribution in [2.75, 3.05) is 0 Å². The maximum Gasteiger partial charge on any atom is 0.269 e. The Morgan fingerprint density at radius 2 is 1.44 bits per heavy atom. The molecular weight excluding hydrogens is 460 g/mol. The average molecular weight is 472 g/mol. The third kappa shape index (κ3) is 3.64. The Balaban J connectivity index is 1.84. The van der Waals surface area contributed by atoms with E-state index >= 15 is 0 Å². The molecular formula is C22H12N6O5S. The largest absolute Gasteiger partial charge is 0.384 e. The number of hydrogen-bond donors (Lipinski definition) is 1. The summed E-state index contributed by atoms with van der Waals surface area (Å²) < 4.78 is 0. The van der Waals surface area contributed by atoms with Crippen LogP contribution in [0.3, 0.4) is 0 Å². The van der Waals surface area contributed by atoms with E-state index in [0.717, 1.165) is 16.7 Å². The number of non-ortho nitro benzene ring substituents is 2. The Bertz CT molecular complexity index is 1430. The Labute approximate surface area is 196 Å². The van der Waals surface area contributed by atoms with Gasteiger partial charge in [-0.1, -0.05) is 23.9 Å². The van der Waals surface area contributed by atoms with E-state index in [4.69, 9.17) is 5.73 Å². The summed E-state index contributed by atoms with van der Waals surface area (Å²) >= 11 is 1.06. The number of rotatable bonds is 4. The van der Waals surface area contributed by atoms with E-state index in [0.29, 0.717) is 16.0 Å². The Morgan fingerprint density at radius 3 is 1.94 bits per heavy atom. The number of nitro groups is 2. The molecule has 0 saturated heterocycles. The summed E-state index contributed by atoms with van der Waals surface area (Å²) in [7, 11) is 0. The van der Waals surface area contributed by atoms with Crippen LogP contribution in [0, 0.1) is 42.9 Å². The number of hydrogen-bond acceptors (Lipinski definition) is 9. The molecule has 2 aromatic rings. The zero-order chi connectivity index (χ0) is 24.6. The molecule has 0 aliphatic carbocycles. The summed E-state index contributed by atoms with van der Waals surface area (Å²) in [6, 6.07) is 15.0. The predicted molar refractivity (Wildman–Crippen MR) is 121 cm³/mol. The van der Waals surface area contributed by atoms with Crippen LogP contribution in [0.2, 0.25) is 0 Å². The van der Waals surface area contributed by atoms with Gasteiger partial charge in [0.2, 0.25) is 0 Å². The third-order valence-electron chi connectivity index (χ3n) is 5.25. The van der Waals surface area contributed by atoms with Crippen molar-refractivity contribution in [3.63, 3.8) is 0 Å². The normalized spacial score (nSPS) is 17.5. The fourth-order valence-corrected chi connectivity index (χ4v) is 4.82. The van der Waals surface area contributed by atoms with Gasteiger partial charge in [0.15, 0.2) is 0 Å². The molecule has 34 heavy (non-hydrogen) atoms. The van der Waals surface area contributed by atoms with Crippen LogP contribution in [0.1, 0.15) is 17.0 Å². The lowest BCUT2D eigenvalue weighted by atomic mass is 9.83. The minimum Gasteiger partial charge on any atom is -0.384 e. The fourth-order valence-electron chi connectivity index (χ4n) is 3.64. The molecule has 1 amide bonds. The molecule has 1 unspecified atom stereocenters. The van der Waals surface area contributed by atoms with Crippen molar-refractivity contribution in [1.82, 2.24) is 4.90 Å². The van der Waals surface area contributed by atoms with Crippen molar-refractivity contribution in [3.05, 3.63) is 108 Å². The fraction of sp³-hybridized carbons (Fsp3) is 0.0455. The lowest BCUT2D eigenvalue weighted by molar-refractivity contribution is -0.385.